The number of carbonyl (C=O) groups excluding carboxylic acids is 3. The lowest BCUT2D eigenvalue weighted by Crippen LogP contribution is -2.40. The molecule has 0 radical (unpaired) electrons. The fourth-order valence-electron chi connectivity index (χ4n) is 2.89. The fourth-order valence-corrected chi connectivity index (χ4v) is 3.57. The molecule has 3 rings (SSSR count). The number of amides is 3. The summed E-state index contributed by atoms with van der Waals surface area (Å²) < 4.78 is 6.97. The SMILES string of the molecule is COCCCNC(=O)C(=O)Nn1c(C(=O)Nc2ccc(Cl)c(Cl)c2)cc2cc(Br)ccc21. The van der Waals surface area contributed by atoms with Gasteiger partial charge in [0.2, 0.25) is 0 Å². The summed E-state index contributed by atoms with van der Waals surface area (Å²) >= 11 is 15.3. The van der Waals surface area contributed by atoms with E-state index in [0.717, 1.165) is 4.47 Å². The molecule has 0 spiro atoms. The van der Waals surface area contributed by atoms with Gasteiger partial charge in [-0.2, -0.15) is 0 Å². The summed E-state index contributed by atoms with van der Waals surface area (Å²) in [6, 6.07) is 11.5. The van der Waals surface area contributed by atoms with E-state index in [4.69, 9.17) is 27.9 Å². The van der Waals surface area contributed by atoms with Gasteiger partial charge >= 0.3 is 11.8 Å². The lowest BCUT2D eigenvalue weighted by atomic mass is 10.2. The molecular formula is C21H19BrCl2N4O4. The third-order valence-corrected chi connectivity index (χ3v) is 5.64. The third kappa shape index (κ3) is 5.80. The first-order valence-electron chi connectivity index (χ1n) is 9.45. The Labute approximate surface area is 202 Å². The number of methoxy groups -OCH3 is 1. The summed E-state index contributed by atoms with van der Waals surface area (Å²) in [6.07, 6.45) is 0.563. The van der Waals surface area contributed by atoms with Crippen LogP contribution >= 0.6 is 39.1 Å². The number of ether oxygens (including phenoxy) is 1. The van der Waals surface area contributed by atoms with Crippen molar-refractivity contribution in [3.63, 3.8) is 0 Å². The molecule has 0 aliphatic rings. The highest BCUT2D eigenvalue weighted by molar-refractivity contribution is 9.10. The summed E-state index contributed by atoms with van der Waals surface area (Å²) in [4.78, 5) is 37.6. The van der Waals surface area contributed by atoms with Gasteiger partial charge in [-0.1, -0.05) is 39.1 Å². The molecule has 3 aromatic rings. The van der Waals surface area contributed by atoms with Crippen molar-refractivity contribution in [1.82, 2.24) is 9.99 Å². The molecule has 0 saturated carbocycles. The largest absolute Gasteiger partial charge is 0.385 e. The van der Waals surface area contributed by atoms with Crippen LogP contribution in [0.5, 0.6) is 0 Å². The van der Waals surface area contributed by atoms with Crippen molar-refractivity contribution >= 4 is 73.4 Å². The molecule has 11 heteroatoms. The fraction of sp³-hybridized carbons (Fsp3) is 0.190. The van der Waals surface area contributed by atoms with Crippen molar-refractivity contribution in [1.29, 1.82) is 0 Å². The molecule has 3 N–H and O–H groups in total. The molecule has 0 bridgehead atoms. The summed E-state index contributed by atoms with van der Waals surface area (Å²) in [5.41, 5.74) is 3.56. The van der Waals surface area contributed by atoms with E-state index < -0.39 is 17.7 Å². The zero-order chi connectivity index (χ0) is 23.3. The highest BCUT2D eigenvalue weighted by Crippen LogP contribution is 2.27. The maximum atomic E-state index is 13.0. The molecule has 1 heterocycles. The number of nitrogens with one attached hydrogen (secondary N) is 3. The predicted molar refractivity (Wildman–Crippen MR) is 128 cm³/mol. The number of carbonyl (C=O) groups is 3. The van der Waals surface area contributed by atoms with Gasteiger partial charge in [0.15, 0.2) is 0 Å². The highest BCUT2D eigenvalue weighted by atomic mass is 79.9. The number of rotatable bonds is 7. The number of nitrogens with zero attached hydrogens (tertiary/aromatic N) is 1. The van der Waals surface area contributed by atoms with Crippen LogP contribution in [0.2, 0.25) is 10.0 Å². The van der Waals surface area contributed by atoms with Crippen molar-refractivity contribution in [2.45, 2.75) is 6.42 Å². The van der Waals surface area contributed by atoms with Crippen LogP contribution in [0.25, 0.3) is 10.9 Å². The second-order valence-electron chi connectivity index (χ2n) is 6.69. The monoisotopic (exact) mass is 540 g/mol. The van der Waals surface area contributed by atoms with Gasteiger partial charge in [0.05, 0.1) is 15.6 Å². The summed E-state index contributed by atoms with van der Waals surface area (Å²) in [7, 11) is 1.55. The second-order valence-corrected chi connectivity index (χ2v) is 8.42. The van der Waals surface area contributed by atoms with Gasteiger partial charge in [0.1, 0.15) is 5.69 Å². The van der Waals surface area contributed by atoms with Crippen LogP contribution in [0, 0.1) is 0 Å². The van der Waals surface area contributed by atoms with Crippen molar-refractivity contribution < 1.29 is 19.1 Å². The summed E-state index contributed by atoms with van der Waals surface area (Å²) in [5, 5.41) is 6.54. The summed E-state index contributed by atoms with van der Waals surface area (Å²) in [6.45, 7) is 0.738. The highest BCUT2D eigenvalue weighted by Gasteiger charge is 2.21. The molecule has 0 aliphatic carbocycles. The van der Waals surface area contributed by atoms with Crippen LogP contribution in [-0.4, -0.2) is 42.7 Å². The molecule has 3 amide bonds. The Balaban J connectivity index is 1.86. The van der Waals surface area contributed by atoms with E-state index in [1.54, 1.807) is 43.5 Å². The lowest BCUT2D eigenvalue weighted by molar-refractivity contribution is -0.136. The maximum absolute atomic E-state index is 13.0. The predicted octanol–water partition coefficient (Wildman–Crippen LogP) is 4.19. The number of hydrogen-bond acceptors (Lipinski definition) is 4. The van der Waals surface area contributed by atoms with E-state index in [9.17, 15) is 14.4 Å². The molecule has 1 aromatic heterocycles. The molecule has 0 fully saturated rings. The Hall–Kier alpha value is -2.59. The second kappa shape index (κ2) is 10.8. The number of anilines is 1. The zero-order valence-electron chi connectivity index (χ0n) is 16.9. The lowest BCUT2D eigenvalue weighted by Gasteiger charge is -2.13. The molecule has 32 heavy (non-hydrogen) atoms. The van der Waals surface area contributed by atoms with Gasteiger partial charge in [-0.3, -0.25) is 19.8 Å². The smallest absolute Gasteiger partial charge is 0.328 e. The Kier molecular flexibility index (Phi) is 8.14. The van der Waals surface area contributed by atoms with Crippen molar-refractivity contribution in [3.8, 4) is 0 Å². The van der Waals surface area contributed by atoms with E-state index in [1.165, 1.54) is 10.7 Å². The molecule has 0 aliphatic heterocycles. The van der Waals surface area contributed by atoms with Crippen LogP contribution in [-0.2, 0) is 14.3 Å². The quantitative estimate of drug-likeness (QED) is 0.308. The Bertz CT molecular complexity index is 1180. The molecule has 0 saturated heterocycles. The minimum absolute atomic E-state index is 0.115. The maximum Gasteiger partial charge on any atom is 0.328 e. The van der Waals surface area contributed by atoms with Gasteiger partial charge in [0.25, 0.3) is 5.91 Å². The minimum atomic E-state index is -0.911. The van der Waals surface area contributed by atoms with Crippen LogP contribution in [0.15, 0.2) is 46.9 Å². The van der Waals surface area contributed by atoms with Crippen LogP contribution in [0.3, 0.4) is 0 Å². The zero-order valence-corrected chi connectivity index (χ0v) is 20.0. The molecular weight excluding hydrogens is 523 g/mol. The van der Waals surface area contributed by atoms with Gasteiger partial charge in [0, 0.05) is 35.8 Å². The van der Waals surface area contributed by atoms with Gasteiger partial charge in [-0.05, 0) is 48.9 Å². The van der Waals surface area contributed by atoms with Gasteiger partial charge in [-0.15, -0.1) is 0 Å². The number of benzene rings is 2. The molecule has 2 aromatic carbocycles. The average molecular weight is 542 g/mol. The normalized spacial score (nSPS) is 10.8. The van der Waals surface area contributed by atoms with E-state index >= 15 is 0 Å². The third-order valence-electron chi connectivity index (χ3n) is 4.40. The van der Waals surface area contributed by atoms with Crippen LogP contribution in [0.4, 0.5) is 5.69 Å². The topological polar surface area (TPSA) is 101 Å². The van der Waals surface area contributed by atoms with Crippen molar-refractivity contribution in [2.24, 2.45) is 0 Å². The average Bonchev–Trinajstić information content (AvgIpc) is 3.11. The van der Waals surface area contributed by atoms with E-state index in [-0.39, 0.29) is 17.3 Å². The molecule has 8 nitrogen and oxygen atoms in total. The van der Waals surface area contributed by atoms with Gasteiger partial charge < -0.3 is 15.4 Å². The minimum Gasteiger partial charge on any atom is -0.385 e. The number of hydrogen-bond donors (Lipinski definition) is 3. The van der Waals surface area contributed by atoms with Crippen molar-refractivity contribution in [3.05, 3.63) is 62.7 Å². The first kappa shape index (κ1) is 24.1. The molecule has 0 atom stereocenters. The molecule has 0 unspecified atom stereocenters. The standard InChI is InChI=1S/C21H19BrCl2N4O4/c1-32-8-2-7-25-20(30)21(31)27-28-17-6-3-13(22)9-12(17)10-18(28)19(29)26-14-4-5-15(23)16(24)11-14/h3-6,9-11H,2,7-8H2,1H3,(H,25,30)(H,26,29)(H,27,31). The Morgan fingerprint density at radius 1 is 1.03 bits per heavy atom. The van der Waals surface area contributed by atoms with E-state index in [0.29, 0.717) is 34.6 Å². The van der Waals surface area contributed by atoms with Crippen LogP contribution < -0.4 is 16.1 Å². The Morgan fingerprint density at radius 2 is 1.81 bits per heavy atom. The summed E-state index contributed by atoms with van der Waals surface area (Å²) in [5.74, 6) is -2.25. The van der Waals surface area contributed by atoms with E-state index in [1.807, 2.05) is 0 Å². The van der Waals surface area contributed by atoms with Crippen LogP contribution in [0.1, 0.15) is 16.9 Å². The first-order chi connectivity index (χ1) is 15.3. The number of fused-ring (bicyclic) bond motifs is 1. The first-order valence-corrected chi connectivity index (χ1v) is 11.0. The number of halogens is 3. The van der Waals surface area contributed by atoms with Crippen molar-refractivity contribution in [2.75, 3.05) is 31.0 Å². The Morgan fingerprint density at radius 3 is 2.53 bits per heavy atom. The number of aromatic nitrogens is 1. The van der Waals surface area contributed by atoms with E-state index in [2.05, 4.69) is 32.0 Å². The molecule has 168 valence electrons. The van der Waals surface area contributed by atoms with Gasteiger partial charge in [-0.25, -0.2) is 4.68 Å².